The van der Waals surface area contributed by atoms with Crippen LogP contribution in [0.2, 0.25) is 0 Å². The van der Waals surface area contributed by atoms with E-state index in [1.807, 2.05) is 0 Å². The Balaban J connectivity index is 1.66. The normalized spacial score (nSPS) is 62.5. The molecule has 0 spiro atoms. The number of alkyl halides is 2. The largest absolute Gasteiger partial charge is 0.0884 e. The van der Waals surface area contributed by atoms with Gasteiger partial charge in [-0.15, -0.1) is 0 Å². The summed E-state index contributed by atoms with van der Waals surface area (Å²) in [7, 11) is 0. The third-order valence-corrected chi connectivity index (χ3v) is 6.84. The lowest BCUT2D eigenvalue weighted by Gasteiger charge is -2.04. The van der Waals surface area contributed by atoms with E-state index in [-0.39, 0.29) is 0 Å². The minimum atomic E-state index is 0.892. The molecule has 0 nitrogen and oxygen atoms in total. The molecule has 0 bridgehead atoms. The molecule has 3 saturated carbocycles. The van der Waals surface area contributed by atoms with E-state index in [9.17, 15) is 0 Å². The van der Waals surface area contributed by atoms with Gasteiger partial charge in [-0.25, -0.2) is 0 Å². The van der Waals surface area contributed by atoms with Crippen LogP contribution in [0.25, 0.3) is 0 Å². The predicted molar refractivity (Wildman–Crippen MR) is 57.9 cm³/mol. The van der Waals surface area contributed by atoms with Gasteiger partial charge in [-0.3, -0.25) is 0 Å². The van der Waals surface area contributed by atoms with Crippen molar-refractivity contribution < 1.29 is 0 Å². The highest BCUT2D eigenvalue weighted by Gasteiger charge is 2.55. The molecule has 0 aromatic rings. The van der Waals surface area contributed by atoms with Crippen molar-refractivity contribution in [3.63, 3.8) is 0 Å². The van der Waals surface area contributed by atoms with Crippen LogP contribution in [0.5, 0.6) is 0 Å². The molecule has 3 aliphatic rings. The molecule has 0 heterocycles. The fourth-order valence-corrected chi connectivity index (χ4v) is 5.33. The van der Waals surface area contributed by atoms with Crippen LogP contribution in [0.3, 0.4) is 0 Å². The van der Waals surface area contributed by atoms with Gasteiger partial charge >= 0.3 is 0 Å². The summed E-state index contributed by atoms with van der Waals surface area (Å²) in [5.41, 5.74) is 0. The minimum Gasteiger partial charge on any atom is -0.0884 e. The summed E-state index contributed by atoms with van der Waals surface area (Å²) >= 11 is 7.57. The van der Waals surface area contributed by atoms with Gasteiger partial charge in [-0.2, -0.15) is 0 Å². The Morgan fingerprint density at radius 1 is 0.583 bits per heavy atom. The monoisotopic (exact) mass is 292 g/mol. The molecule has 0 saturated heterocycles. The van der Waals surface area contributed by atoms with Crippen LogP contribution in [-0.4, -0.2) is 9.65 Å². The molecular formula is C10H14Br2. The van der Waals surface area contributed by atoms with E-state index < -0.39 is 0 Å². The molecule has 2 heteroatoms. The van der Waals surface area contributed by atoms with Crippen LogP contribution < -0.4 is 0 Å². The zero-order valence-corrected chi connectivity index (χ0v) is 10.2. The van der Waals surface area contributed by atoms with Gasteiger partial charge in [0, 0.05) is 9.65 Å². The first kappa shape index (κ1) is 8.28. The zero-order valence-electron chi connectivity index (χ0n) is 7.05. The summed E-state index contributed by atoms with van der Waals surface area (Å²) in [6, 6.07) is 0. The van der Waals surface area contributed by atoms with Gasteiger partial charge in [0.25, 0.3) is 0 Å². The van der Waals surface area contributed by atoms with Crippen molar-refractivity contribution in [1.82, 2.24) is 0 Å². The molecule has 0 amide bonds. The molecule has 0 aromatic carbocycles. The van der Waals surface area contributed by atoms with Crippen molar-refractivity contribution in [3.8, 4) is 0 Å². The second-order valence-corrected chi connectivity index (χ2v) is 6.81. The maximum atomic E-state index is 3.78. The summed E-state index contributed by atoms with van der Waals surface area (Å²) in [6.07, 6.45) is 5.96. The number of rotatable bonds is 0. The zero-order chi connectivity index (χ0) is 8.29. The van der Waals surface area contributed by atoms with E-state index in [1.54, 1.807) is 0 Å². The van der Waals surface area contributed by atoms with E-state index in [1.165, 1.54) is 25.7 Å². The highest BCUT2D eigenvalue weighted by atomic mass is 79.9. The van der Waals surface area contributed by atoms with Gasteiger partial charge in [0.15, 0.2) is 0 Å². The molecule has 3 aliphatic carbocycles. The van der Waals surface area contributed by atoms with E-state index in [0.717, 1.165) is 33.3 Å². The molecule has 4 atom stereocenters. The Morgan fingerprint density at radius 2 is 0.833 bits per heavy atom. The molecular weight excluding hydrogens is 280 g/mol. The van der Waals surface area contributed by atoms with E-state index in [4.69, 9.17) is 0 Å². The van der Waals surface area contributed by atoms with E-state index >= 15 is 0 Å². The Hall–Kier alpha value is 0.960. The quantitative estimate of drug-likeness (QED) is 0.599. The predicted octanol–water partition coefficient (Wildman–Crippen LogP) is 3.58. The second kappa shape index (κ2) is 2.73. The molecule has 0 aliphatic heterocycles. The fourth-order valence-electron chi connectivity index (χ4n) is 3.06. The minimum absolute atomic E-state index is 0.892. The maximum absolute atomic E-state index is 3.78. The highest BCUT2D eigenvalue weighted by Crippen LogP contribution is 2.60. The Morgan fingerprint density at radius 3 is 1.08 bits per heavy atom. The molecule has 3 fully saturated rings. The van der Waals surface area contributed by atoms with Gasteiger partial charge in [0.2, 0.25) is 0 Å². The Kier molecular flexibility index (Phi) is 1.88. The van der Waals surface area contributed by atoms with Crippen molar-refractivity contribution in [2.24, 2.45) is 23.7 Å². The first-order chi connectivity index (χ1) is 5.79. The first-order valence-electron chi connectivity index (χ1n) is 5.07. The third kappa shape index (κ3) is 1.13. The Labute approximate surface area is 90.7 Å². The van der Waals surface area contributed by atoms with Crippen LogP contribution in [0, 0.1) is 23.7 Å². The molecule has 0 aromatic heterocycles. The molecule has 0 radical (unpaired) electrons. The standard InChI is InChI=1S/C10H14Br2/c11-9-5-1-2-6-8(10(6)12)4-3-7(5)9/h5-10H,1-4H2. The van der Waals surface area contributed by atoms with Crippen molar-refractivity contribution >= 4 is 31.9 Å². The summed E-state index contributed by atoms with van der Waals surface area (Å²) in [5, 5.41) is 0. The highest BCUT2D eigenvalue weighted by molar-refractivity contribution is 9.10. The van der Waals surface area contributed by atoms with Crippen molar-refractivity contribution in [2.45, 2.75) is 35.3 Å². The average molecular weight is 294 g/mol. The van der Waals surface area contributed by atoms with E-state index in [2.05, 4.69) is 31.9 Å². The van der Waals surface area contributed by atoms with Crippen molar-refractivity contribution in [3.05, 3.63) is 0 Å². The van der Waals surface area contributed by atoms with Gasteiger partial charge in [0.05, 0.1) is 0 Å². The molecule has 68 valence electrons. The van der Waals surface area contributed by atoms with Gasteiger partial charge in [0.1, 0.15) is 0 Å². The SMILES string of the molecule is BrC1C2CCC3C(Br)C3CCC12. The van der Waals surface area contributed by atoms with Gasteiger partial charge in [-0.1, -0.05) is 31.9 Å². The second-order valence-electron chi connectivity index (χ2n) is 4.70. The average Bonchev–Trinajstić information content (AvgIpc) is 2.76. The lowest BCUT2D eigenvalue weighted by Crippen LogP contribution is -1.93. The maximum Gasteiger partial charge on any atom is 0.0208 e. The summed E-state index contributed by atoms with van der Waals surface area (Å²) < 4.78 is 0. The fraction of sp³-hybridized carbons (Fsp3) is 1.00. The van der Waals surface area contributed by atoms with Crippen LogP contribution in [0.4, 0.5) is 0 Å². The van der Waals surface area contributed by atoms with Crippen molar-refractivity contribution in [2.75, 3.05) is 0 Å². The van der Waals surface area contributed by atoms with Gasteiger partial charge < -0.3 is 0 Å². The number of halogens is 2. The summed E-state index contributed by atoms with van der Waals surface area (Å²) in [6.45, 7) is 0. The summed E-state index contributed by atoms with van der Waals surface area (Å²) in [4.78, 5) is 1.78. The molecule has 12 heavy (non-hydrogen) atoms. The van der Waals surface area contributed by atoms with Gasteiger partial charge in [-0.05, 0) is 49.4 Å². The third-order valence-electron chi connectivity index (χ3n) is 4.12. The number of hydrogen-bond acceptors (Lipinski definition) is 0. The van der Waals surface area contributed by atoms with Crippen LogP contribution in [0.15, 0.2) is 0 Å². The lowest BCUT2D eigenvalue weighted by atomic mass is 10.0. The van der Waals surface area contributed by atoms with Crippen molar-refractivity contribution in [1.29, 1.82) is 0 Å². The first-order valence-corrected chi connectivity index (χ1v) is 6.90. The molecule has 3 rings (SSSR count). The molecule has 4 unspecified atom stereocenters. The van der Waals surface area contributed by atoms with Crippen LogP contribution in [-0.2, 0) is 0 Å². The smallest absolute Gasteiger partial charge is 0.0208 e. The van der Waals surface area contributed by atoms with Crippen LogP contribution >= 0.6 is 31.9 Å². The van der Waals surface area contributed by atoms with Crippen LogP contribution in [0.1, 0.15) is 25.7 Å². The lowest BCUT2D eigenvalue weighted by molar-refractivity contribution is 0.468. The topological polar surface area (TPSA) is 0 Å². The summed E-state index contributed by atoms with van der Waals surface area (Å²) in [5.74, 6) is 4.19. The van der Waals surface area contributed by atoms with E-state index in [0.29, 0.717) is 0 Å². The Bertz CT molecular complexity index is 162. The molecule has 0 N–H and O–H groups in total. The number of hydrogen-bond donors (Lipinski definition) is 0. The number of fused-ring (bicyclic) bond motifs is 2.